The summed E-state index contributed by atoms with van der Waals surface area (Å²) in [5.74, 6) is -1.01. The fraction of sp³-hybridized carbons (Fsp3) is 0.500. The van der Waals surface area contributed by atoms with Gasteiger partial charge in [-0.3, -0.25) is 0 Å². The number of alkyl halides is 1. The van der Waals surface area contributed by atoms with E-state index in [1.54, 1.807) is 0 Å². The Labute approximate surface area is 117 Å². The van der Waals surface area contributed by atoms with Crippen LogP contribution in [0.1, 0.15) is 18.9 Å². The summed E-state index contributed by atoms with van der Waals surface area (Å²) in [5.41, 5.74) is 0.115. The lowest BCUT2D eigenvalue weighted by Crippen LogP contribution is -2.22. The van der Waals surface area contributed by atoms with Crippen LogP contribution in [0.3, 0.4) is 0 Å². The highest BCUT2D eigenvalue weighted by molar-refractivity contribution is 9.10. The molecule has 1 nitrogen and oxygen atoms in total. The molecule has 0 saturated heterocycles. The van der Waals surface area contributed by atoms with Crippen LogP contribution < -0.4 is 0 Å². The van der Waals surface area contributed by atoms with Crippen molar-refractivity contribution >= 4 is 31.9 Å². The monoisotopic (exact) mass is 369 g/mol. The molecular formula is C12H15Br2F2N. The van der Waals surface area contributed by atoms with Gasteiger partial charge in [0, 0.05) is 16.9 Å². The van der Waals surface area contributed by atoms with Gasteiger partial charge in [0.15, 0.2) is 0 Å². The molecule has 0 saturated carbocycles. The lowest BCUT2D eigenvalue weighted by Gasteiger charge is -2.18. The van der Waals surface area contributed by atoms with Crippen molar-refractivity contribution in [3.8, 4) is 0 Å². The number of rotatable bonds is 5. The highest BCUT2D eigenvalue weighted by Gasteiger charge is 2.14. The average Bonchev–Trinajstić information content (AvgIpc) is 2.27. The first-order valence-electron chi connectivity index (χ1n) is 5.36. The molecule has 0 aromatic heterocycles. The molecule has 1 aromatic carbocycles. The van der Waals surface area contributed by atoms with Gasteiger partial charge in [-0.2, -0.15) is 0 Å². The summed E-state index contributed by atoms with van der Waals surface area (Å²) in [6, 6.07) is 2.66. The van der Waals surface area contributed by atoms with E-state index >= 15 is 0 Å². The van der Waals surface area contributed by atoms with Crippen LogP contribution in [-0.4, -0.2) is 23.3 Å². The molecule has 1 rings (SSSR count). The first-order chi connectivity index (χ1) is 7.91. The molecule has 0 aliphatic heterocycles. The summed E-state index contributed by atoms with van der Waals surface area (Å²) < 4.78 is 27.5. The van der Waals surface area contributed by atoms with Crippen molar-refractivity contribution in [3.63, 3.8) is 0 Å². The standard InChI is InChI=1S/C12H15Br2F2N/c1-8(13)5-6-17(2)7-9-11(15)4-3-10(14)12(9)16/h3-4,8H,5-7H2,1-2H3. The van der Waals surface area contributed by atoms with Crippen LogP contribution in [0.4, 0.5) is 8.78 Å². The van der Waals surface area contributed by atoms with Crippen molar-refractivity contribution in [2.45, 2.75) is 24.7 Å². The molecule has 96 valence electrons. The van der Waals surface area contributed by atoms with E-state index in [0.29, 0.717) is 9.30 Å². The Bertz CT molecular complexity index is 383. The minimum absolute atomic E-state index is 0.115. The van der Waals surface area contributed by atoms with Crippen LogP contribution in [0.5, 0.6) is 0 Å². The Balaban J connectivity index is 2.71. The summed E-state index contributed by atoms with van der Waals surface area (Å²) >= 11 is 6.51. The maximum Gasteiger partial charge on any atom is 0.144 e. The van der Waals surface area contributed by atoms with Crippen molar-refractivity contribution in [2.75, 3.05) is 13.6 Å². The Morgan fingerprint density at radius 3 is 2.59 bits per heavy atom. The molecule has 1 aromatic rings. The van der Waals surface area contributed by atoms with Crippen LogP contribution in [0, 0.1) is 11.6 Å². The Hall–Kier alpha value is -0.0000000000000000555. The molecular weight excluding hydrogens is 356 g/mol. The van der Waals surface area contributed by atoms with Gasteiger partial charge in [0.25, 0.3) is 0 Å². The van der Waals surface area contributed by atoms with Crippen molar-refractivity contribution in [1.82, 2.24) is 4.90 Å². The van der Waals surface area contributed by atoms with Crippen molar-refractivity contribution in [1.29, 1.82) is 0 Å². The molecule has 0 amide bonds. The lowest BCUT2D eigenvalue weighted by atomic mass is 10.2. The average molecular weight is 371 g/mol. The van der Waals surface area contributed by atoms with Crippen LogP contribution in [-0.2, 0) is 6.54 Å². The molecule has 0 aliphatic rings. The SMILES string of the molecule is CC(Br)CCN(C)Cc1c(F)ccc(Br)c1F. The third kappa shape index (κ3) is 4.64. The molecule has 0 N–H and O–H groups in total. The molecule has 0 fully saturated rings. The van der Waals surface area contributed by atoms with E-state index in [4.69, 9.17) is 0 Å². The third-order valence-corrected chi connectivity index (χ3v) is 3.55. The Kier molecular flexibility index (Phi) is 6.03. The van der Waals surface area contributed by atoms with Gasteiger partial charge in [0.2, 0.25) is 0 Å². The van der Waals surface area contributed by atoms with Crippen LogP contribution in [0.15, 0.2) is 16.6 Å². The summed E-state index contributed by atoms with van der Waals surface area (Å²) in [6.45, 7) is 3.11. The number of halogens is 4. The Morgan fingerprint density at radius 1 is 1.35 bits per heavy atom. The van der Waals surface area contributed by atoms with E-state index in [2.05, 4.69) is 31.9 Å². The predicted molar refractivity (Wildman–Crippen MR) is 73.4 cm³/mol. The molecule has 17 heavy (non-hydrogen) atoms. The maximum atomic E-state index is 13.7. The van der Waals surface area contributed by atoms with Gasteiger partial charge in [-0.15, -0.1) is 0 Å². The topological polar surface area (TPSA) is 3.24 Å². The Morgan fingerprint density at radius 2 is 2.00 bits per heavy atom. The van der Waals surface area contributed by atoms with Gasteiger partial charge in [-0.25, -0.2) is 8.78 Å². The molecule has 5 heteroatoms. The summed E-state index contributed by atoms with van der Waals surface area (Å²) in [6.07, 6.45) is 0.938. The largest absolute Gasteiger partial charge is 0.302 e. The first kappa shape index (κ1) is 15.1. The van der Waals surface area contributed by atoms with Crippen LogP contribution in [0.25, 0.3) is 0 Å². The smallest absolute Gasteiger partial charge is 0.144 e. The van der Waals surface area contributed by atoms with E-state index in [1.807, 2.05) is 18.9 Å². The minimum Gasteiger partial charge on any atom is -0.302 e. The number of nitrogens with zero attached hydrogens (tertiary/aromatic N) is 1. The van der Waals surface area contributed by atoms with Gasteiger partial charge in [-0.05, 0) is 48.1 Å². The molecule has 0 spiro atoms. The highest BCUT2D eigenvalue weighted by Crippen LogP contribution is 2.22. The molecule has 1 atom stereocenters. The van der Waals surface area contributed by atoms with Gasteiger partial charge in [0.1, 0.15) is 11.6 Å². The highest BCUT2D eigenvalue weighted by atomic mass is 79.9. The first-order valence-corrected chi connectivity index (χ1v) is 7.07. The number of benzene rings is 1. The second-order valence-corrected chi connectivity index (χ2v) is 6.55. The van der Waals surface area contributed by atoms with Crippen molar-refractivity contribution < 1.29 is 8.78 Å². The van der Waals surface area contributed by atoms with E-state index in [9.17, 15) is 8.78 Å². The van der Waals surface area contributed by atoms with E-state index in [-0.39, 0.29) is 12.1 Å². The number of hydrogen-bond donors (Lipinski definition) is 0. The summed E-state index contributed by atoms with van der Waals surface area (Å²) in [7, 11) is 1.86. The summed E-state index contributed by atoms with van der Waals surface area (Å²) in [4.78, 5) is 2.31. The van der Waals surface area contributed by atoms with E-state index < -0.39 is 11.6 Å². The number of hydrogen-bond acceptors (Lipinski definition) is 1. The lowest BCUT2D eigenvalue weighted by molar-refractivity contribution is 0.311. The zero-order chi connectivity index (χ0) is 13.0. The zero-order valence-electron chi connectivity index (χ0n) is 9.81. The molecule has 1 unspecified atom stereocenters. The minimum atomic E-state index is -0.510. The van der Waals surface area contributed by atoms with Crippen LogP contribution >= 0.6 is 31.9 Å². The normalized spacial score (nSPS) is 13.1. The van der Waals surface area contributed by atoms with Gasteiger partial charge in [0.05, 0.1) is 4.47 Å². The van der Waals surface area contributed by atoms with E-state index in [1.165, 1.54) is 12.1 Å². The predicted octanol–water partition coefficient (Wildman–Crippen LogP) is 4.33. The van der Waals surface area contributed by atoms with Gasteiger partial charge in [-0.1, -0.05) is 22.9 Å². The molecule has 0 bridgehead atoms. The van der Waals surface area contributed by atoms with E-state index in [0.717, 1.165) is 13.0 Å². The molecule has 0 radical (unpaired) electrons. The van der Waals surface area contributed by atoms with Crippen molar-refractivity contribution in [2.24, 2.45) is 0 Å². The second-order valence-electron chi connectivity index (χ2n) is 4.13. The third-order valence-electron chi connectivity index (χ3n) is 2.48. The zero-order valence-corrected chi connectivity index (χ0v) is 13.0. The second kappa shape index (κ2) is 6.81. The molecule has 0 aliphatic carbocycles. The quantitative estimate of drug-likeness (QED) is 0.550. The molecule has 0 heterocycles. The summed E-state index contributed by atoms with van der Waals surface area (Å²) in [5, 5.41) is 0. The van der Waals surface area contributed by atoms with Gasteiger partial charge >= 0.3 is 0 Å². The fourth-order valence-corrected chi connectivity index (χ4v) is 2.04. The maximum absolute atomic E-state index is 13.7. The fourth-order valence-electron chi connectivity index (χ4n) is 1.46. The van der Waals surface area contributed by atoms with Crippen molar-refractivity contribution in [3.05, 3.63) is 33.8 Å². The van der Waals surface area contributed by atoms with Crippen LogP contribution in [0.2, 0.25) is 0 Å². The van der Waals surface area contributed by atoms with Gasteiger partial charge < -0.3 is 4.90 Å².